The zero-order chi connectivity index (χ0) is 13.1. The number of halogens is 1. The quantitative estimate of drug-likeness (QED) is 0.779. The van der Waals surface area contributed by atoms with Crippen molar-refractivity contribution in [3.05, 3.63) is 53.1 Å². The van der Waals surface area contributed by atoms with Crippen molar-refractivity contribution in [2.45, 2.75) is 19.8 Å². The Morgan fingerprint density at radius 1 is 1.11 bits per heavy atom. The number of nitrogens with one attached hydrogen (secondary N) is 1. The van der Waals surface area contributed by atoms with Crippen molar-refractivity contribution in [2.24, 2.45) is 0 Å². The summed E-state index contributed by atoms with van der Waals surface area (Å²) < 4.78 is 0. The molecule has 0 spiro atoms. The van der Waals surface area contributed by atoms with Crippen molar-refractivity contribution in [1.82, 2.24) is 0 Å². The maximum atomic E-state index is 6.14. The van der Waals surface area contributed by atoms with Crippen molar-refractivity contribution in [3.8, 4) is 0 Å². The van der Waals surface area contributed by atoms with Gasteiger partial charge in [-0.05, 0) is 41.8 Å². The topological polar surface area (TPSA) is 38.0 Å². The first-order valence-corrected chi connectivity index (χ1v) is 6.36. The molecule has 18 heavy (non-hydrogen) atoms. The molecule has 0 bridgehead atoms. The minimum atomic E-state index is 0.508. The molecule has 0 atom stereocenters. The molecule has 0 saturated heterocycles. The summed E-state index contributed by atoms with van der Waals surface area (Å²) in [5.74, 6) is 0.508. The third-order valence-electron chi connectivity index (χ3n) is 2.83. The summed E-state index contributed by atoms with van der Waals surface area (Å²) in [6.07, 6.45) is 0. The lowest BCUT2D eigenvalue weighted by molar-refractivity contribution is 0.867. The van der Waals surface area contributed by atoms with E-state index in [-0.39, 0.29) is 0 Å². The number of nitrogens with two attached hydrogens (primary N) is 1. The molecule has 0 aliphatic heterocycles. The number of benzene rings is 2. The van der Waals surface area contributed by atoms with Gasteiger partial charge in [-0.1, -0.05) is 37.6 Å². The number of anilines is 3. The standard InChI is InChI=1S/C15H17ClN2/c1-10(2)11-4-3-5-13(8-11)18-15-7-6-12(17)9-14(15)16/h3-10,18H,17H2,1-2H3. The Kier molecular flexibility index (Phi) is 3.78. The Hall–Kier alpha value is -1.67. The predicted octanol–water partition coefficient (Wildman–Crippen LogP) is 4.79. The van der Waals surface area contributed by atoms with E-state index in [4.69, 9.17) is 17.3 Å². The Morgan fingerprint density at radius 2 is 1.89 bits per heavy atom. The van der Waals surface area contributed by atoms with Crippen molar-refractivity contribution in [2.75, 3.05) is 11.1 Å². The van der Waals surface area contributed by atoms with Gasteiger partial charge in [0.1, 0.15) is 0 Å². The van der Waals surface area contributed by atoms with E-state index in [1.807, 2.05) is 24.3 Å². The highest BCUT2D eigenvalue weighted by molar-refractivity contribution is 6.33. The molecular weight excluding hydrogens is 244 g/mol. The molecule has 94 valence electrons. The molecule has 3 heteroatoms. The fraction of sp³-hybridized carbons (Fsp3) is 0.200. The van der Waals surface area contributed by atoms with Crippen LogP contribution in [0.15, 0.2) is 42.5 Å². The van der Waals surface area contributed by atoms with Crippen molar-refractivity contribution >= 4 is 28.7 Å². The highest BCUT2D eigenvalue weighted by atomic mass is 35.5. The molecule has 0 fully saturated rings. The second-order valence-corrected chi connectivity index (χ2v) is 5.05. The van der Waals surface area contributed by atoms with Crippen LogP contribution in [0.4, 0.5) is 17.1 Å². The SMILES string of the molecule is CC(C)c1cccc(Nc2ccc(N)cc2Cl)c1. The number of hydrogen-bond donors (Lipinski definition) is 2. The van der Waals surface area contributed by atoms with Crippen LogP contribution in [0.3, 0.4) is 0 Å². The molecule has 0 saturated carbocycles. The molecule has 0 aliphatic rings. The zero-order valence-electron chi connectivity index (χ0n) is 10.6. The van der Waals surface area contributed by atoms with Gasteiger partial charge in [-0.3, -0.25) is 0 Å². The largest absolute Gasteiger partial charge is 0.399 e. The molecule has 0 unspecified atom stereocenters. The van der Waals surface area contributed by atoms with Crippen LogP contribution in [0.1, 0.15) is 25.3 Å². The monoisotopic (exact) mass is 260 g/mol. The third kappa shape index (κ3) is 2.96. The van der Waals surface area contributed by atoms with Crippen LogP contribution < -0.4 is 11.1 Å². The Morgan fingerprint density at radius 3 is 2.56 bits per heavy atom. The summed E-state index contributed by atoms with van der Waals surface area (Å²) in [4.78, 5) is 0. The average molecular weight is 261 g/mol. The average Bonchev–Trinajstić information content (AvgIpc) is 2.33. The Balaban J connectivity index is 2.25. The van der Waals surface area contributed by atoms with Gasteiger partial charge >= 0.3 is 0 Å². The highest BCUT2D eigenvalue weighted by Gasteiger charge is 2.03. The van der Waals surface area contributed by atoms with E-state index in [1.54, 1.807) is 6.07 Å². The second kappa shape index (κ2) is 5.32. The van der Waals surface area contributed by atoms with Gasteiger partial charge in [0.2, 0.25) is 0 Å². The van der Waals surface area contributed by atoms with Gasteiger partial charge in [0, 0.05) is 11.4 Å². The van der Waals surface area contributed by atoms with Gasteiger partial charge in [-0.25, -0.2) is 0 Å². The Bertz CT molecular complexity index is 550. The summed E-state index contributed by atoms with van der Waals surface area (Å²) in [6, 6.07) is 13.8. The molecule has 0 heterocycles. The van der Waals surface area contributed by atoms with Crippen LogP contribution in [-0.2, 0) is 0 Å². The predicted molar refractivity (Wildman–Crippen MR) is 79.7 cm³/mol. The molecule has 3 N–H and O–H groups in total. The molecule has 2 nitrogen and oxygen atoms in total. The first-order valence-electron chi connectivity index (χ1n) is 5.98. The van der Waals surface area contributed by atoms with Gasteiger partial charge < -0.3 is 11.1 Å². The molecule has 2 aromatic carbocycles. The van der Waals surface area contributed by atoms with Gasteiger partial charge in [0.25, 0.3) is 0 Å². The molecule has 0 aromatic heterocycles. The Labute approximate surface area is 113 Å². The summed E-state index contributed by atoms with van der Waals surface area (Å²) in [7, 11) is 0. The molecule has 0 aliphatic carbocycles. The fourth-order valence-electron chi connectivity index (χ4n) is 1.76. The van der Waals surface area contributed by atoms with Crippen molar-refractivity contribution in [3.63, 3.8) is 0 Å². The molecule has 2 aromatic rings. The molecular formula is C15H17ClN2. The molecule has 2 rings (SSSR count). The lowest BCUT2D eigenvalue weighted by Crippen LogP contribution is -1.94. The van der Waals surface area contributed by atoms with Gasteiger partial charge in [-0.15, -0.1) is 0 Å². The second-order valence-electron chi connectivity index (χ2n) is 4.64. The van der Waals surface area contributed by atoms with Crippen LogP contribution in [0.25, 0.3) is 0 Å². The minimum Gasteiger partial charge on any atom is -0.399 e. The normalized spacial score (nSPS) is 10.7. The van der Waals surface area contributed by atoms with Crippen LogP contribution in [0, 0.1) is 0 Å². The first kappa shape index (κ1) is 12.8. The molecule has 0 amide bonds. The smallest absolute Gasteiger partial charge is 0.0661 e. The van der Waals surface area contributed by atoms with E-state index in [1.165, 1.54) is 5.56 Å². The van der Waals surface area contributed by atoms with Gasteiger partial charge in [0.05, 0.1) is 10.7 Å². The lowest BCUT2D eigenvalue weighted by atomic mass is 10.0. The summed E-state index contributed by atoms with van der Waals surface area (Å²) in [5, 5.41) is 3.94. The minimum absolute atomic E-state index is 0.508. The van der Waals surface area contributed by atoms with Crippen molar-refractivity contribution < 1.29 is 0 Å². The van der Waals surface area contributed by atoms with Crippen LogP contribution in [-0.4, -0.2) is 0 Å². The van der Waals surface area contributed by atoms with Gasteiger partial charge in [-0.2, -0.15) is 0 Å². The maximum Gasteiger partial charge on any atom is 0.0661 e. The van der Waals surface area contributed by atoms with Gasteiger partial charge in [0.15, 0.2) is 0 Å². The summed E-state index contributed by atoms with van der Waals surface area (Å²) in [6.45, 7) is 4.35. The maximum absolute atomic E-state index is 6.14. The first-order chi connectivity index (χ1) is 8.56. The fourth-order valence-corrected chi connectivity index (χ4v) is 2.00. The lowest BCUT2D eigenvalue weighted by Gasteiger charge is -2.11. The van der Waals surface area contributed by atoms with Crippen LogP contribution in [0.5, 0.6) is 0 Å². The van der Waals surface area contributed by atoms with E-state index in [2.05, 4.69) is 31.3 Å². The molecule has 0 radical (unpaired) electrons. The van der Waals surface area contributed by atoms with Crippen LogP contribution in [0.2, 0.25) is 5.02 Å². The highest BCUT2D eigenvalue weighted by Crippen LogP contribution is 2.28. The third-order valence-corrected chi connectivity index (χ3v) is 3.14. The number of rotatable bonds is 3. The number of nitrogen functional groups attached to an aromatic ring is 1. The summed E-state index contributed by atoms with van der Waals surface area (Å²) in [5.41, 5.74) is 9.54. The van der Waals surface area contributed by atoms with E-state index in [9.17, 15) is 0 Å². The van der Waals surface area contributed by atoms with E-state index < -0.39 is 0 Å². The van der Waals surface area contributed by atoms with Crippen LogP contribution >= 0.6 is 11.6 Å². The zero-order valence-corrected chi connectivity index (χ0v) is 11.3. The number of hydrogen-bond acceptors (Lipinski definition) is 2. The summed E-state index contributed by atoms with van der Waals surface area (Å²) >= 11 is 6.14. The van der Waals surface area contributed by atoms with E-state index >= 15 is 0 Å². The van der Waals surface area contributed by atoms with Crippen molar-refractivity contribution in [1.29, 1.82) is 0 Å². The van der Waals surface area contributed by atoms with E-state index in [0.29, 0.717) is 16.6 Å². The van der Waals surface area contributed by atoms with E-state index in [0.717, 1.165) is 11.4 Å².